The van der Waals surface area contributed by atoms with Gasteiger partial charge in [0.1, 0.15) is 5.60 Å². The summed E-state index contributed by atoms with van der Waals surface area (Å²) in [6.45, 7) is 12.1. The third-order valence-electron chi connectivity index (χ3n) is 5.92. The molecule has 34 heavy (non-hydrogen) atoms. The predicted molar refractivity (Wildman–Crippen MR) is 131 cm³/mol. The van der Waals surface area contributed by atoms with Gasteiger partial charge in [0.2, 0.25) is 0 Å². The molecule has 0 radical (unpaired) electrons. The third-order valence-corrected chi connectivity index (χ3v) is 5.92. The summed E-state index contributed by atoms with van der Waals surface area (Å²) in [5.74, 6) is 0.820. The second-order valence-electron chi connectivity index (χ2n) is 9.71. The number of hydrogen-bond donors (Lipinski definition) is 0. The number of piperazine rings is 1. The second-order valence-corrected chi connectivity index (χ2v) is 9.71. The van der Waals surface area contributed by atoms with Crippen molar-refractivity contribution in [3.05, 3.63) is 48.2 Å². The number of carbonyl (C=O) groups is 1. The Bertz CT molecular complexity index is 1380. The summed E-state index contributed by atoms with van der Waals surface area (Å²) >= 11 is 0. The molecule has 9 nitrogen and oxygen atoms in total. The van der Waals surface area contributed by atoms with Crippen molar-refractivity contribution in [2.75, 3.05) is 31.1 Å². The molecular weight excluding hydrogens is 430 g/mol. The first-order chi connectivity index (χ1) is 16.2. The monoisotopic (exact) mass is 459 g/mol. The van der Waals surface area contributed by atoms with Gasteiger partial charge in [-0.25, -0.2) is 9.78 Å². The van der Waals surface area contributed by atoms with Gasteiger partial charge in [-0.1, -0.05) is 18.2 Å². The van der Waals surface area contributed by atoms with Crippen LogP contribution in [0.1, 0.15) is 32.2 Å². The topological polar surface area (TPSA) is 88.8 Å². The third kappa shape index (κ3) is 4.13. The number of rotatable bonds is 2. The summed E-state index contributed by atoms with van der Waals surface area (Å²) in [5, 5.41) is 10.8. The van der Waals surface area contributed by atoms with Crippen LogP contribution >= 0.6 is 0 Å². The van der Waals surface area contributed by atoms with E-state index in [0.29, 0.717) is 26.2 Å². The molecule has 0 bridgehead atoms. The van der Waals surface area contributed by atoms with Crippen LogP contribution in [0.4, 0.5) is 10.6 Å². The molecule has 0 spiro atoms. The van der Waals surface area contributed by atoms with E-state index in [0.717, 1.165) is 44.9 Å². The molecule has 1 fully saturated rings. The Morgan fingerprint density at radius 2 is 1.76 bits per heavy atom. The van der Waals surface area contributed by atoms with Crippen molar-refractivity contribution in [3.63, 3.8) is 0 Å². The Balaban J connectivity index is 1.45. The lowest BCUT2D eigenvalue weighted by Gasteiger charge is -2.36. The minimum absolute atomic E-state index is 0.273. The van der Waals surface area contributed by atoms with E-state index in [9.17, 15) is 4.79 Å². The van der Waals surface area contributed by atoms with E-state index in [2.05, 4.69) is 32.2 Å². The molecule has 1 aliphatic rings. The van der Waals surface area contributed by atoms with Crippen molar-refractivity contribution in [3.8, 4) is 11.3 Å². The van der Waals surface area contributed by atoms with Gasteiger partial charge in [0.25, 0.3) is 0 Å². The zero-order chi connectivity index (χ0) is 24.0. The van der Waals surface area contributed by atoms with Crippen molar-refractivity contribution in [1.29, 1.82) is 0 Å². The van der Waals surface area contributed by atoms with Crippen LogP contribution in [-0.4, -0.2) is 67.3 Å². The van der Waals surface area contributed by atoms with Gasteiger partial charge < -0.3 is 18.9 Å². The number of fused-ring (bicyclic) bond motifs is 2. The average Bonchev–Trinajstić information content (AvgIpc) is 3.21. The SMILES string of the molecule is Cc1cn2cc(-c3cccc4c(N5CCN(C(=O)OC(C)(C)C)CC5)nncc34)nc2c(C)n1. The second kappa shape index (κ2) is 8.23. The number of aromatic nitrogens is 5. The van der Waals surface area contributed by atoms with Crippen LogP contribution in [0.2, 0.25) is 0 Å². The molecule has 0 N–H and O–H groups in total. The van der Waals surface area contributed by atoms with Crippen LogP contribution in [0.3, 0.4) is 0 Å². The first kappa shape index (κ1) is 22.1. The highest BCUT2D eigenvalue weighted by Crippen LogP contribution is 2.32. The van der Waals surface area contributed by atoms with Crippen molar-refractivity contribution in [2.24, 2.45) is 0 Å². The fourth-order valence-corrected chi connectivity index (χ4v) is 4.41. The molecule has 3 aromatic heterocycles. The minimum atomic E-state index is -0.503. The van der Waals surface area contributed by atoms with E-state index in [1.54, 1.807) is 11.1 Å². The number of nitrogens with zero attached hydrogens (tertiary/aromatic N) is 7. The summed E-state index contributed by atoms with van der Waals surface area (Å²) < 4.78 is 7.55. The summed E-state index contributed by atoms with van der Waals surface area (Å²) in [5.41, 5.74) is 4.06. The van der Waals surface area contributed by atoms with Crippen molar-refractivity contribution < 1.29 is 9.53 Å². The van der Waals surface area contributed by atoms with Gasteiger partial charge in [-0.15, -0.1) is 5.10 Å². The Kier molecular flexibility index (Phi) is 5.34. The number of imidazole rings is 1. The van der Waals surface area contributed by atoms with Gasteiger partial charge in [0.15, 0.2) is 11.5 Å². The number of benzene rings is 1. The molecule has 1 saturated heterocycles. The van der Waals surface area contributed by atoms with Crippen LogP contribution in [0, 0.1) is 13.8 Å². The van der Waals surface area contributed by atoms with Gasteiger partial charge >= 0.3 is 6.09 Å². The Labute approximate surface area is 198 Å². The maximum Gasteiger partial charge on any atom is 0.410 e. The van der Waals surface area contributed by atoms with Crippen molar-refractivity contribution >= 4 is 28.3 Å². The highest BCUT2D eigenvalue weighted by atomic mass is 16.6. The van der Waals surface area contributed by atoms with Crippen LogP contribution in [0.5, 0.6) is 0 Å². The smallest absolute Gasteiger partial charge is 0.410 e. The first-order valence-corrected chi connectivity index (χ1v) is 11.5. The summed E-state index contributed by atoms with van der Waals surface area (Å²) in [6.07, 6.45) is 5.54. The van der Waals surface area contributed by atoms with Gasteiger partial charge in [0.05, 0.1) is 23.3 Å². The summed E-state index contributed by atoms with van der Waals surface area (Å²) in [7, 11) is 0. The maximum absolute atomic E-state index is 12.4. The van der Waals surface area contributed by atoms with Gasteiger partial charge in [-0.2, -0.15) is 5.10 Å². The van der Waals surface area contributed by atoms with Crippen LogP contribution in [0.25, 0.3) is 27.7 Å². The van der Waals surface area contributed by atoms with Crippen LogP contribution in [0.15, 0.2) is 36.8 Å². The van der Waals surface area contributed by atoms with Gasteiger partial charge in [-0.3, -0.25) is 4.98 Å². The lowest BCUT2D eigenvalue weighted by atomic mass is 10.0. The number of aryl methyl sites for hydroxylation is 2. The molecule has 1 aliphatic heterocycles. The normalized spacial score (nSPS) is 14.7. The standard InChI is InChI=1S/C25H29N7O2/c1-16-14-32-15-21(28-22(32)17(2)27-16)18-7-6-8-19-20(18)13-26-29-23(19)30-9-11-31(12-10-30)24(33)34-25(3,4)5/h6-8,13-15H,9-12H2,1-5H3. The average molecular weight is 460 g/mol. The molecule has 4 aromatic rings. The molecule has 9 heteroatoms. The van der Waals surface area contributed by atoms with E-state index in [1.165, 1.54) is 0 Å². The molecule has 0 unspecified atom stereocenters. The zero-order valence-corrected chi connectivity index (χ0v) is 20.2. The molecule has 0 aliphatic carbocycles. The highest BCUT2D eigenvalue weighted by Gasteiger charge is 2.27. The van der Waals surface area contributed by atoms with Crippen molar-refractivity contribution in [2.45, 2.75) is 40.2 Å². The number of hydrogen-bond acceptors (Lipinski definition) is 7. The van der Waals surface area contributed by atoms with E-state index in [-0.39, 0.29) is 6.09 Å². The number of anilines is 1. The van der Waals surface area contributed by atoms with E-state index in [4.69, 9.17) is 9.72 Å². The number of amides is 1. The Morgan fingerprint density at radius 3 is 2.50 bits per heavy atom. The summed E-state index contributed by atoms with van der Waals surface area (Å²) in [4.78, 5) is 25.8. The van der Waals surface area contributed by atoms with E-state index >= 15 is 0 Å². The molecule has 176 valence electrons. The molecule has 4 heterocycles. The van der Waals surface area contributed by atoms with Crippen molar-refractivity contribution in [1.82, 2.24) is 29.5 Å². The van der Waals surface area contributed by atoms with Crippen LogP contribution in [-0.2, 0) is 4.74 Å². The number of carbonyl (C=O) groups excluding carboxylic acids is 1. The lowest BCUT2D eigenvalue weighted by Crippen LogP contribution is -2.50. The highest BCUT2D eigenvalue weighted by molar-refractivity contribution is 6.01. The first-order valence-electron chi connectivity index (χ1n) is 11.5. The van der Waals surface area contributed by atoms with Gasteiger partial charge in [0, 0.05) is 54.9 Å². The quantitative estimate of drug-likeness (QED) is 0.447. The largest absolute Gasteiger partial charge is 0.444 e. The molecule has 0 atom stereocenters. The fraction of sp³-hybridized carbons (Fsp3) is 0.400. The van der Waals surface area contributed by atoms with Gasteiger partial charge in [-0.05, 0) is 34.6 Å². The molecule has 5 rings (SSSR count). The molecular formula is C25H29N7O2. The molecule has 1 amide bonds. The maximum atomic E-state index is 12.4. The fourth-order valence-electron chi connectivity index (χ4n) is 4.41. The Hall–Kier alpha value is -3.75. The summed E-state index contributed by atoms with van der Waals surface area (Å²) in [6, 6.07) is 6.15. The molecule has 1 aromatic carbocycles. The Morgan fingerprint density at radius 1 is 1.00 bits per heavy atom. The molecule has 0 saturated carbocycles. The zero-order valence-electron chi connectivity index (χ0n) is 20.2. The minimum Gasteiger partial charge on any atom is -0.444 e. The lowest BCUT2D eigenvalue weighted by molar-refractivity contribution is 0.0240. The van der Waals surface area contributed by atoms with E-state index in [1.807, 2.05) is 57.5 Å². The number of ether oxygens (including phenoxy) is 1. The van der Waals surface area contributed by atoms with Crippen LogP contribution < -0.4 is 4.90 Å². The van der Waals surface area contributed by atoms with E-state index < -0.39 is 5.60 Å². The predicted octanol–water partition coefficient (Wildman–Crippen LogP) is 4.01.